The molecule has 0 unspecified atom stereocenters. The van der Waals surface area contributed by atoms with Crippen LogP contribution in [-0.2, 0) is 0 Å². The molecular formula is C15H12FN3O. The van der Waals surface area contributed by atoms with E-state index in [1.165, 1.54) is 6.07 Å². The number of rotatable bonds is 2. The number of hydrogen-bond donors (Lipinski definition) is 2. The van der Waals surface area contributed by atoms with Crippen LogP contribution in [0, 0.1) is 12.7 Å². The lowest BCUT2D eigenvalue weighted by Gasteiger charge is -2.07. The first-order chi connectivity index (χ1) is 9.63. The highest BCUT2D eigenvalue weighted by molar-refractivity contribution is 6.06. The summed E-state index contributed by atoms with van der Waals surface area (Å²) in [6.45, 7) is 1.84. The van der Waals surface area contributed by atoms with Gasteiger partial charge in [0, 0.05) is 5.56 Å². The number of aryl methyl sites for hydroxylation is 1. The van der Waals surface area contributed by atoms with Crippen molar-refractivity contribution in [3.8, 4) is 0 Å². The van der Waals surface area contributed by atoms with Crippen LogP contribution in [0.1, 0.15) is 15.9 Å². The number of nitrogens with zero attached hydrogens (tertiary/aromatic N) is 1. The smallest absolute Gasteiger partial charge is 0.255 e. The second kappa shape index (κ2) is 4.77. The van der Waals surface area contributed by atoms with Crippen LogP contribution in [0.5, 0.6) is 0 Å². The van der Waals surface area contributed by atoms with Gasteiger partial charge in [0.25, 0.3) is 5.91 Å². The summed E-state index contributed by atoms with van der Waals surface area (Å²) in [5.74, 6) is -0.808. The minimum absolute atomic E-state index is 0.180. The largest absolute Gasteiger partial charge is 0.345 e. The molecule has 0 spiro atoms. The van der Waals surface area contributed by atoms with Crippen LogP contribution in [0.3, 0.4) is 0 Å². The fraction of sp³-hybridized carbons (Fsp3) is 0.0667. The van der Waals surface area contributed by atoms with E-state index in [1.54, 1.807) is 36.7 Å². The number of hydrogen-bond acceptors (Lipinski definition) is 2. The molecule has 2 N–H and O–H groups in total. The van der Waals surface area contributed by atoms with Gasteiger partial charge in [-0.1, -0.05) is 6.07 Å². The first-order valence-electron chi connectivity index (χ1n) is 6.14. The molecule has 0 aliphatic heterocycles. The maximum absolute atomic E-state index is 13.6. The summed E-state index contributed by atoms with van der Waals surface area (Å²) >= 11 is 0. The zero-order chi connectivity index (χ0) is 14.1. The summed E-state index contributed by atoms with van der Waals surface area (Å²) in [5, 5.41) is 2.58. The predicted molar refractivity (Wildman–Crippen MR) is 75.2 cm³/mol. The van der Waals surface area contributed by atoms with Gasteiger partial charge in [-0.2, -0.15) is 0 Å². The Hall–Kier alpha value is -2.69. The predicted octanol–water partition coefficient (Wildman–Crippen LogP) is 3.26. The van der Waals surface area contributed by atoms with Gasteiger partial charge in [-0.3, -0.25) is 4.79 Å². The number of carbonyl (C=O) groups excluding carboxylic acids is 1. The summed E-state index contributed by atoms with van der Waals surface area (Å²) < 4.78 is 13.6. The van der Waals surface area contributed by atoms with Crippen molar-refractivity contribution in [3.63, 3.8) is 0 Å². The molecule has 1 aromatic heterocycles. The van der Waals surface area contributed by atoms with E-state index in [2.05, 4.69) is 15.3 Å². The average molecular weight is 269 g/mol. The van der Waals surface area contributed by atoms with E-state index in [4.69, 9.17) is 0 Å². The molecule has 0 saturated heterocycles. The molecule has 20 heavy (non-hydrogen) atoms. The molecule has 0 radical (unpaired) electrons. The molecule has 0 fully saturated rings. The highest BCUT2D eigenvalue weighted by atomic mass is 19.1. The topological polar surface area (TPSA) is 57.8 Å². The van der Waals surface area contributed by atoms with Crippen molar-refractivity contribution < 1.29 is 9.18 Å². The minimum Gasteiger partial charge on any atom is -0.345 e. The number of halogens is 1. The number of carbonyl (C=O) groups is 1. The van der Waals surface area contributed by atoms with Gasteiger partial charge in [0.1, 0.15) is 5.82 Å². The van der Waals surface area contributed by atoms with E-state index in [1.807, 2.05) is 6.92 Å². The lowest BCUT2D eigenvalue weighted by molar-refractivity contribution is 0.102. The van der Waals surface area contributed by atoms with Crippen LogP contribution in [0.25, 0.3) is 11.0 Å². The molecule has 2 aromatic carbocycles. The third-order valence-corrected chi connectivity index (χ3v) is 3.05. The first-order valence-corrected chi connectivity index (χ1v) is 6.14. The van der Waals surface area contributed by atoms with Gasteiger partial charge >= 0.3 is 0 Å². The minimum atomic E-state index is -0.452. The number of amides is 1. The van der Waals surface area contributed by atoms with Crippen LogP contribution in [-0.4, -0.2) is 15.9 Å². The van der Waals surface area contributed by atoms with E-state index in [-0.39, 0.29) is 11.6 Å². The summed E-state index contributed by atoms with van der Waals surface area (Å²) in [6.07, 6.45) is 1.56. The Morgan fingerprint density at radius 2 is 2.10 bits per heavy atom. The van der Waals surface area contributed by atoms with Crippen molar-refractivity contribution in [1.29, 1.82) is 0 Å². The molecule has 5 heteroatoms. The molecule has 0 atom stereocenters. The number of nitrogens with one attached hydrogen (secondary N) is 2. The van der Waals surface area contributed by atoms with Crippen molar-refractivity contribution in [1.82, 2.24) is 9.97 Å². The SMILES string of the molecule is Cc1ccc(F)c(NC(=O)c2ccc3nc[nH]c3c2)c1. The van der Waals surface area contributed by atoms with Gasteiger partial charge in [0.2, 0.25) is 0 Å². The van der Waals surface area contributed by atoms with Gasteiger partial charge in [-0.25, -0.2) is 9.37 Å². The summed E-state index contributed by atoms with van der Waals surface area (Å²) in [4.78, 5) is 19.1. The highest BCUT2D eigenvalue weighted by Gasteiger charge is 2.10. The van der Waals surface area contributed by atoms with Gasteiger partial charge in [0.15, 0.2) is 0 Å². The molecule has 1 heterocycles. The third-order valence-electron chi connectivity index (χ3n) is 3.05. The monoisotopic (exact) mass is 269 g/mol. The Kier molecular flexibility index (Phi) is 2.95. The molecule has 3 aromatic rings. The van der Waals surface area contributed by atoms with Gasteiger partial charge in [0.05, 0.1) is 23.0 Å². The number of fused-ring (bicyclic) bond motifs is 1. The number of aromatic amines is 1. The Bertz CT molecular complexity index is 795. The van der Waals surface area contributed by atoms with Crippen molar-refractivity contribution >= 4 is 22.6 Å². The second-order valence-electron chi connectivity index (χ2n) is 4.57. The lowest BCUT2D eigenvalue weighted by atomic mass is 10.1. The Morgan fingerprint density at radius 3 is 2.95 bits per heavy atom. The van der Waals surface area contributed by atoms with Crippen LogP contribution < -0.4 is 5.32 Å². The second-order valence-corrected chi connectivity index (χ2v) is 4.57. The van der Waals surface area contributed by atoms with Crippen LogP contribution in [0.15, 0.2) is 42.7 Å². The van der Waals surface area contributed by atoms with E-state index >= 15 is 0 Å². The van der Waals surface area contributed by atoms with E-state index in [0.717, 1.165) is 16.6 Å². The number of H-pyrrole nitrogens is 1. The molecule has 0 saturated carbocycles. The van der Waals surface area contributed by atoms with E-state index in [9.17, 15) is 9.18 Å². The zero-order valence-electron chi connectivity index (χ0n) is 10.8. The van der Waals surface area contributed by atoms with Gasteiger partial charge in [-0.05, 0) is 42.8 Å². The van der Waals surface area contributed by atoms with Crippen LogP contribution >= 0.6 is 0 Å². The quantitative estimate of drug-likeness (QED) is 0.750. The Balaban J connectivity index is 1.90. The molecule has 1 amide bonds. The molecule has 0 bridgehead atoms. The van der Waals surface area contributed by atoms with E-state index in [0.29, 0.717) is 5.56 Å². The normalized spacial score (nSPS) is 10.7. The summed E-state index contributed by atoms with van der Waals surface area (Å²) in [6, 6.07) is 9.68. The molecular weight excluding hydrogens is 257 g/mol. The van der Waals surface area contributed by atoms with Crippen molar-refractivity contribution in [2.75, 3.05) is 5.32 Å². The standard InChI is InChI=1S/C15H12FN3O/c1-9-2-4-11(16)13(6-9)19-15(20)10-3-5-12-14(7-10)18-8-17-12/h2-8H,1H3,(H,17,18)(H,19,20). The third kappa shape index (κ3) is 2.25. The first kappa shape index (κ1) is 12.3. The molecule has 0 aliphatic carbocycles. The number of anilines is 1. The lowest BCUT2D eigenvalue weighted by Crippen LogP contribution is -2.13. The van der Waals surface area contributed by atoms with Crippen molar-refractivity contribution in [2.24, 2.45) is 0 Å². The maximum atomic E-state index is 13.6. The fourth-order valence-corrected chi connectivity index (χ4v) is 2.01. The highest BCUT2D eigenvalue weighted by Crippen LogP contribution is 2.18. The maximum Gasteiger partial charge on any atom is 0.255 e. The van der Waals surface area contributed by atoms with Crippen molar-refractivity contribution in [3.05, 3.63) is 59.7 Å². The fourth-order valence-electron chi connectivity index (χ4n) is 2.01. The average Bonchev–Trinajstić information content (AvgIpc) is 2.90. The van der Waals surface area contributed by atoms with Crippen LogP contribution in [0.2, 0.25) is 0 Å². The summed E-state index contributed by atoms with van der Waals surface area (Å²) in [7, 11) is 0. The number of aromatic nitrogens is 2. The van der Waals surface area contributed by atoms with E-state index < -0.39 is 5.82 Å². The summed E-state index contributed by atoms with van der Waals surface area (Å²) in [5.41, 5.74) is 3.05. The number of benzene rings is 2. The zero-order valence-corrected chi connectivity index (χ0v) is 10.8. The Labute approximate surface area is 114 Å². The van der Waals surface area contributed by atoms with Gasteiger partial charge < -0.3 is 10.3 Å². The molecule has 3 rings (SSSR count). The molecule has 100 valence electrons. The molecule has 4 nitrogen and oxygen atoms in total. The number of imidazole rings is 1. The van der Waals surface area contributed by atoms with Gasteiger partial charge in [-0.15, -0.1) is 0 Å². The van der Waals surface area contributed by atoms with Crippen LogP contribution in [0.4, 0.5) is 10.1 Å². The molecule has 0 aliphatic rings. The Morgan fingerprint density at radius 1 is 1.25 bits per heavy atom. The van der Waals surface area contributed by atoms with Crippen molar-refractivity contribution in [2.45, 2.75) is 6.92 Å².